The summed E-state index contributed by atoms with van der Waals surface area (Å²) in [5.74, 6) is -0.694. The second kappa shape index (κ2) is 4.84. The summed E-state index contributed by atoms with van der Waals surface area (Å²) in [6.07, 6.45) is 5.02. The van der Waals surface area contributed by atoms with E-state index in [1.165, 1.54) is 6.26 Å². The standard InChI is InChI=1S/C13H17NO4/c1-9-7-10(8-18-9)11(15)14-13(12(16)17)5-3-2-4-6-13/h7-8H,2-6H2,1H3,(H,14,15)(H,16,17). The number of nitrogens with one attached hydrogen (secondary N) is 1. The highest BCUT2D eigenvalue weighted by molar-refractivity contribution is 5.97. The van der Waals surface area contributed by atoms with Gasteiger partial charge in [-0.15, -0.1) is 0 Å². The van der Waals surface area contributed by atoms with Gasteiger partial charge in [-0.2, -0.15) is 0 Å². The van der Waals surface area contributed by atoms with Crippen molar-refractivity contribution in [2.24, 2.45) is 0 Å². The molecule has 2 rings (SSSR count). The van der Waals surface area contributed by atoms with Gasteiger partial charge in [0, 0.05) is 0 Å². The van der Waals surface area contributed by atoms with E-state index in [2.05, 4.69) is 5.32 Å². The van der Waals surface area contributed by atoms with Crippen molar-refractivity contribution in [2.45, 2.75) is 44.6 Å². The molecule has 1 heterocycles. The van der Waals surface area contributed by atoms with Crippen LogP contribution in [0.1, 0.15) is 48.2 Å². The zero-order valence-electron chi connectivity index (χ0n) is 10.4. The first-order chi connectivity index (χ1) is 8.53. The Morgan fingerprint density at radius 3 is 2.50 bits per heavy atom. The minimum Gasteiger partial charge on any atom is -0.480 e. The average Bonchev–Trinajstić information content (AvgIpc) is 2.77. The number of aliphatic carboxylic acids is 1. The molecule has 0 aromatic carbocycles. The molecule has 2 N–H and O–H groups in total. The molecule has 98 valence electrons. The van der Waals surface area contributed by atoms with E-state index in [4.69, 9.17) is 4.42 Å². The molecule has 1 aromatic heterocycles. The summed E-state index contributed by atoms with van der Waals surface area (Å²) in [5.41, 5.74) is -0.737. The second-order valence-electron chi connectivity index (χ2n) is 4.85. The van der Waals surface area contributed by atoms with Crippen molar-refractivity contribution in [3.8, 4) is 0 Å². The van der Waals surface area contributed by atoms with E-state index < -0.39 is 11.5 Å². The fourth-order valence-electron chi connectivity index (χ4n) is 2.40. The molecular weight excluding hydrogens is 234 g/mol. The first kappa shape index (κ1) is 12.7. The summed E-state index contributed by atoms with van der Waals surface area (Å²) in [7, 11) is 0. The highest BCUT2D eigenvalue weighted by Crippen LogP contribution is 2.29. The minimum atomic E-state index is -1.11. The Morgan fingerprint density at radius 2 is 2.00 bits per heavy atom. The van der Waals surface area contributed by atoms with Crippen LogP contribution in [0.2, 0.25) is 0 Å². The predicted molar refractivity (Wildman–Crippen MR) is 64.4 cm³/mol. The number of amides is 1. The molecule has 0 atom stereocenters. The van der Waals surface area contributed by atoms with Crippen molar-refractivity contribution in [2.75, 3.05) is 0 Å². The summed E-state index contributed by atoms with van der Waals surface area (Å²) < 4.78 is 5.06. The van der Waals surface area contributed by atoms with Crippen LogP contribution in [-0.4, -0.2) is 22.5 Å². The molecule has 1 amide bonds. The van der Waals surface area contributed by atoms with Crippen LogP contribution < -0.4 is 5.32 Å². The molecule has 1 fully saturated rings. The Morgan fingerprint density at radius 1 is 1.33 bits per heavy atom. The number of aryl methyl sites for hydroxylation is 1. The third-order valence-corrected chi connectivity index (χ3v) is 3.46. The number of carbonyl (C=O) groups is 2. The molecule has 18 heavy (non-hydrogen) atoms. The maximum Gasteiger partial charge on any atom is 0.329 e. The fourth-order valence-corrected chi connectivity index (χ4v) is 2.40. The number of carboxylic acid groups (broad SMARTS) is 1. The molecule has 1 aromatic rings. The van der Waals surface area contributed by atoms with Crippen LogP contribution in [0.25, 0.3) is 0 Å². The van der Waals surface area contributed by atoms with E-state index in [0.29, 0.717) is 24.2 Å². The summed E-state index contributed by atoms with van der Waals surface area (Å²) in [6, 6.07) is 1.60. The topological polar surface area (TPSA) is 79.5 Å². The SMILES string of the molecule is Cc1cc(C(=O)NC2(C(=O)O)CCCCC2)co1. The molecule has 0 unspecified atom stereocenters. The van der Waals surface area contributed by atoms with Crippen LogP contribution in [0.15, 0.2) is 16.7 Å². The molecule has 0 saturated heterocycles. The van der Waals surface area contributed by atoms with Gasteiger partial charge in [0.05, 0.1) is 5.56 Å². The number of hydrogen-bond acceptors (Lipinski definition) is 3. The van der Waals surface area contributed by atoms with Gasteiger partial charge in [0.1, 0.15) is 17.6 Å². The molecular formula is C13H17NO4. The van der Waals surface area contributed by atoms with Crippen molar-refractivity contribution in [3.63, 3.8) is 0 Å². The minimum absolute atomic E-state index is 0.374. The van der Waals surface area contributed by atoms with Gasteiger partial charge >= 0.3 is 5.97 Å². The zero-order valence-corrected chi connectivity index (χ0v) is 10.4. The fraction of sp³-hybridized carbons (Fsp3) is 0.538. The summed E-state index contributed by atoms with van der Waals surface area (Å²) >= 11 is 0. The molecule has 0 spiro atoms. The number of carbonyl (C=O) groups excluding carboxylic acids is 1. The van der Waals surface area contributed by atoms with Crippen LogP contribution >= 0.6 is 0 Å². The van der Waals surface area contributed by atoms with Gasteiger partial charge in [-0.1, -0.05) is 19.3 Å². The molecule has 0 aliphatic heterocycles. The highest BCUT2D eigenvalue weighted by Gasteiger charge is 2.41. The largest absolute Gasteiger partial charge is 0.480 e. The lowest BCUT2D eigenvalue weighted by molar-refractivity contribution is -0.145. The summed E-state index contributed by atoms with van der Waals surface area (Å²) in [4.78, 5) is 23.4. The number of carboxylic acids is 1. The molecule has 5 heteroatoms. The lowest BCUT2D eigenvalue weighted by Crippen LogP contribution is -2.55. The maximum atomic E-state index is 12.0. The van der Waals surface area contributed by atoms with Crippen LogP contribution in [0.3, 0.4) is 0 Å². The van der Waals surface area contributed by atoms with Crippen LogP contribution in [-0.2, 0) is 4.79 Å². The van der Waals surface area contributed by atoms with E-state index in [0.717, 1.165) is 19.3 Å². The van der Waals surface area contributed by atoms with Crippen LogP contribution in [0.4, 0.5) is 0 Å². The quantitative estimate of drug-likeness (QED) is 0.862. The van der Waals surface area contributed by atoms with Crippen molar-refractivity contribution in [1.29, 1.82) is 0 Å². The molecule has 0 radical (unpaired) electrons. The van der Waals surface area contributed by atoms with Gasteiger partial charge in [-0.05, 0) is 25.8 Å². The Balaban J connectivity index is 2.14. The molecule has 1 saturated carbocycles. The van der Waals surface area contributed by atoms with E-state index in [1.54, 1.807) is 13.0 Å². The van der Waals surface area contributed by atoms with Crippen molar-refractivity contribution in [1.82, 2.24) is 5.32 Å². The third kappa shape index (κ3) is 2.39. The van der Waals surface area contributed by atoms with Gasteiger partial charge in [-0.3, -0.25) is 4.79 Å². The zero-order chi connectivity index (χ0) is 13.2. The normalized spacial score (nSPS) is 18.3. The third-order valence-electron chi connectivity index (χ3n) is 3.46. The Bertz CT molecular complexity index is 457. The van der Waals surface area contributed by atoms with Gasteiger partial charge < -0.3 is 14.8 Å². The Hall–Kier alpha value is -1.78. The van der Waals surface area contributed by atoms with Crippen molar-refractivity contribution in [3.05, 3.63) is 23.7 Å². The average molecular weight is 251 g/mol. The lowest BCUT2D eigenvalue weighted by atomic mass is 9.81. The van der Waals surface area contributed by atoms with Gasteiger partial charge in [-0.25, -0.2) is 4.79 Å². The second-order valence-corrected chi connectivity index (χ2v) is 4.85. The molecule has 0 bridgehead atoms. The first-order valence-electron chi connectivity index (χ1n) is 6.14. The van der Waals surface area contributed by atoms with Crippen LogP contribution in [0, 0.1) is 6.92 Å². The van der Waals surface area contributed by atoms with Gasteiger partial charge in [0.2, 0.25) is 0 Å². The van der Waals surface area contributed by atoms with E-state index in [9.17, 15) is 14.7 Å². The van der Waals surface area contributed by atoms with Gasteiger partial charge in [0.15, 0.2) is 0 Å². The van der Waals surface area contributed by atoms with E-state index >= 15 is 0 Å². The van der Waals surface area contributed by atoms with Crippen molar-refractivity contribution < 1.29 is 19.1 Å². The Kier molecular flexibility index (Phi) is 3.41. The smallest absolute Gasteiger partial charge is 0.329 e. The maximum absolute atomic E-state index is 12.0. The van der Waals surface area contributed by atoms with E-state index in [1.807, 2.05) is 0 Å². The van der Waals surface area contributed by atoms with E-state index in [-0.39, 0.29) is 5.91 Å². The van der Waals surface area contributed by atoms with Crippen molar-refractivity contribution >= 4 is 11.9 Å². The first-order valence-corrected chi connectivity index (χ1v) is 6.14. The molecule has 1 aliphatic carbocycles. The molecule has 1 aliphatic rings. The monoisotopic (exact) mass is 251 g/mol. The number of rotatable bonds is 3. The number of hydrogen-bond donors (Lipinski definition) is 2. The summed E-state index contributed by atoms with van der Waals surface area (Å²) in [6.45, 7) is 1.74. The highest BCUT2D eigenvalue weighted by atomic mass is 16.4. The number of furan rings is 1. The summed E-state index contributed by atoms with van der Waals surface area (Å²) in [5, 5.41) is 12.0. The lowest BCUT2D eigenvalue weighted by Gasteiger charge is -2.33. The van der Waals surface area contributed by atoms with Crippen LogP contribution in [0.5, 0.6) is 0 Å². The molecule has 5 nitrogen and oxygen atoms in total. The predicted octanol–water partition coefficient (Wildman–Crippen LogP) is 2.11. The van der Waals surface area contributed by atoms with Gasteiger partial charge in [0.25, 0.3) is 5.91 Å². The Labute approximate surface area is 105 Å².